The molecule has 1 aromatic heterocycles. The predicted molar refractivity (Wildman–Crippen MR) is 117 cm³/mol. The van der Waals surface area contributed by atoms with Gasteiger partial charge in [0.05, 0.1) is 12.2 Å². The van der Waals surface area contributed by atoms with Gasteiger partial charge < -0.3 is 20.3 Å². The van der Waals surface area contributed by atoms with E-state index in [4.69, 9.17) is 15.2 Å². The Bertz CT molecular complexity index is 987. The van der Waals surface area contributed by atoms with Crippen molar-refractivity contribution >= 4 is 16.7 Å². The Balaban J connectivity index is 1.46. The standard InChI is InChI=1S/C23H28N4O3/c1-15(2)30-19-12-27(13-19)11-18(28)14-29-21-8-7-16-5-3-4-6-20(16)22(21)17-9-25-23(24)26-10-17/h3-10,15,18-19,28H,11-14H2,1-2H3,(H2,24,25,26). The summed E-state index contributed by atoms with van der Waals surface area (Å²) < 4.78 is 11.8. The van der Waals surface area contributed by atoms with Crippen molar-refractivity contribution in [2.45, 2.75) is 32.2 Å². The summed E-state index contributed by atoms with van der Waals surface area (Å²) in [5, 5.41) is 12.6. The minimum Gasteiger partial charge on any atom is -0.490 e. The molecule has 0 bridgehead atoms. The summed E-state index contributed by atoms with van der Waals surface area (Å²) in [7, 11) is 0. The number of nitrogens with two attached hydrogens (primary N) is 1. The van der Waals surface area contributed by atoms with E-state index in [-0.39, 0.29) is 24.8 Å². The van der Waals surface area contributed by atoms with Crippen molar-refractivity contribution in [3.63, 3.8) is 0 Å². The number of nitrogen functional groups attached to an aromatic ring is 1. The van der Waals surface area contributed by atoms with Crippen LogP contribution in [0.5, 0.6) is 5.75 Å². The fourth-order valence-corrected chi connectivity index (χ4v) is 3.82. The van der Waals surface area contributed by atoms with Gasteiger partial charge in [-0.05, 0) is 30.7 Å². The van der Waals surface area contributed by atoms with Gasteiger partial charge >= 0.3 is 0 Å². The summed E-state index contributed by atoms with van der Waals surface area (Å²) in [6.07, 6.45) is 3.29. The number of anilines is 1. The van der Waals surface area contributed by atoms with E-state index in [1.165, 1.54) is 0 Å². The molecule has 0 saturated carbocycles. The molecular formula is C23H28N4O3. The molecule has 1 fully saturated rings. The van der Waals surface area contributed by atoms with Crippen LogP contribution in [0.25, 0.3) is 21.9 Å². The third-order valence-electron chi connectivity index (χ3n) is 5.14. The van der Waals surface area contributed by atoms with Crippen molar-refractivity contribution in [1.29, 1.82) is 0 Å². The van der Waals surface area contributed by atoms with Crippen molar-refractivity contribution in [2.75, 3.05) is 32.0 Å². The van der Waals surface area contributed by atoms with Crippen LogP contribution in [0.2, 0.25) is 0 Å². The van der Waals surface area contributed by atoms with E-state index in [9.17, 15) is 5.11 Å². The highest BCUT2D eigenvalue weighted by Crippen LogP contribution is 2.36. The monoisotopic (exact) mass is 408 g/mol. The number of aliphatic hydroxyl groups excluding tert-OH is 1. The first-order chi connectivity index (χ1) is 14.5. The number of hydrogen-bond donors (Lipinski definition) is 2. The van der Waals surface area contributed by atoms with Crippen LogP contribution in [-0.2, 0) is 4.74 Å². The molecule has 7 nitrogen and oxygen atoms in total. The van der Waals surface area contributed by atoms with Gasteiger partial charge in [-0.3, -0.25) is 4.90 Å². The average molecular weight is 409 g/mol. The number of ether oxygens (including phenoxy) is 2. The van der Waals surface area contributed by atoms with E-state index in [2.05, 4.69) is 20.9 Å². The Labute approximate surface area is 176 Å². The maximum atomic E-state index is 10.5. The summed E-state index contributed by atoms with van der Waals surface area (Å²) in [5.41, 5.74) is 7.37. The van der Waals surface area contributed by atoms with Gasteiger partial charge in [-0.15, -0.1) is 0 Å². The lowest BCUT2D eigenvalue weighted by Crippen LogP contribution is -2.55. The number of likely N-dealkylation sites (tertiary alicyclic amines) is 1. The molecule has 4 rings (SSSR count). The Morgan fingerprint density at radius 1 is 1.13 bits per heavy atom. The van der Waals surface area contributed by atoms with Gasteiger partial charge in [0.2, 0.25) is 5.95 Å². The van der Waals surface area contributed by atoms with Crippen LogP contribution >= 0.6 is 0 Å². The Morgan fingerprint density at radius 3 is 2.60 bits per heavy atom. The minimum atomic E-state index is -0.591. The molecule has 2 heterocycles. The molecule has 158 valence electrons. The summed E-state index contributed by atoms with van der Waals surface area (Å²) in [5.74, 6) is 0.914. The second-order valence-electron chi connectivity index (χ2n) is 7.98. The normalized spacial score (nSPS) is 16.0. The van der Waals surface area contributed by atoms with Crippen LogP contribution < -0.4 is 10.5 Å². The van der Waals surface area contributed by atoms with E-state index in [1.807, 2.05) is 44.2 Å². The molecule has 1 aliphatic rings. The molecule has 3 aromatic rings. The summed E-state index contributed by atoms with van der Waals surface area (Å²) in [4.78, 5) is 10.4. The highest BCUT2D eigenvalue weighted by atomic mass is 16.5. The fourth-order valence-electron chi connectivity index (χ4n) is 3.82. The van der Waals surface area contributed by atoms with Gasteiger partial charge in [0.1, 0.15) is 18.5 Å². The van der Waals surface area contributed by atoms with Crippen molar-refractivity contribution in [2.24, 2.45) is 0 Å². The summed E-state index contributed by atoms with van der Waals surface area (Å²) in [6, 6.07) is 12.0. The highest BCUT2D eigenvalue weighted by Gasteiger charge is 2.29. The third-order valence-corrected chi connectivity index (χ3v) is 5.14. The lowest BCUT2D eigenvalue weighted by molar-refractivity contribution is -0.0920. The lowest BCUT2D eigenvalue weighted by atomic mass is 9.99. The van der Waals surface area contributed by atoms with Gasteiger partial charge in [-0.25, -0.2) is 9.97 Å². The van der Waals surface area contributed by atoms with Crippen LogP contribution in [0.1, 0.15) is 13.8 Å². The summed E-state index contributed by atoms with van der Waals surface area (Å²) in [6.45, 7) is 6.54. The van der Waals surface area contributed by atoms with Crippen molar-refractivity contribution in [1.82, 2.24) is 14.9 Å². The number of aliphatic hydroxyl groups is 1. The Kier molecular flexibility index (Phi) is 6.13. The third kappa shape index (κ3) is 4.70. The quantitative estimate of drug-likeness (QED) is 0.592. The van der Waals surface area contributed by atoms with Gasteiger partial charge in [-0.1, -0.05) is 30.3 Å². The number of fused-ring (bicyclic) bond motifs is 1. The molecule has 2 aromatic carbocycles. The molecule has 30 heavy (non-hydrogen) atoms. The smallest absolute Gasteiger partial charge is 0.219 e. The van der Waals surface area contributed by atoms with Crippen molar-refractivity contribution in [3.8, 4) is 16.9 Å². The molecule has 1 aliphatic heterocycles. The summed E-state index contributed by atoms with van der Waals surface area (Å²) >= 11 is 0. The average Bonchev–Trinajstić information content (AvgIpc) is 2.70. The molecule has 3 N–H and O–H groups in total. The van der Waals surface area contributed by atoms with Crippen LogP contribution in [-0.4, -0.2) is 64.5 Å². The van der Waals surface area contributed by atoms with Crippen molar-refractivity contribution < 1.29 is 14.6 Å². The van der Waals surface area contributed by atoms with Gasteiger partial charge in [0, 0.05) is 43.2 Å². The first-order valence-corrected chi connectivity index (χ1v) is 10.3. The first-order valence-electron chi connectivity index (χ1n) is 10.3. The van der Waals surface area contributed by atoms with Gasteiger partial charge in [0.25, 0.3) is 0 Å². The number of hydrogen-bond acceptors (Lipinski definition) is 7. The van der Waals surface area contributed by atoms with E-state index in [0.717, 1.165) is 35.0 Å². The van der Waals surface area contributed by atoms with Crippen LogP contribution in [0, 0.1) is 0 Å². The predicted octanol–water partition coefficient (Wildman–Crippen LogP) is 2.73. The molecule has 1 saturated heterocycles. The van der Waals surface area contributed by atoms with Gasteiger partial charge in [-0.2, -0.15) is 0 Å². The van der Waals surface area contributed by atoms with E-state index < -0.39 is 6.10 Å². The number of β-amino-alcohol motifs (C(OH)–C–C–N with tert-alkyl or cyclic N) is 1. The number of rotatable bonds is 8. The molecule has 1 unspecified atom stereocenters. The number of aromatic nitrogens is 2. The second kappa shape index (κ2) is 8.95. The van der Waals surface area contributed by atoms with Gasteiger partial charge in [0.15, 0.2) is 0 Å². The van der Waals surface area contributed by atoms with E-state index >= 15 is 0 Å². The number of nitrogens with zero attached hydrogens (tertiary/aromatic N) is 3. The number of benzene rings is 2. The van der Waals surface area contributed by atoms with Crippen LogP contribution in [0.4, 0.5) is 5.95 Å². The zero-order valence-electron chi connectivity index (χ0n) is 17.4. The minimum absolute atomic E-state index is 0.202. The molecule has 0 amide bonds. The maximum absolute atomic E-state index is 10.5. The molecule has 0 aliphatic carbocycles. The lowest BCUT2D eigenvalue weighted by Gasteiger charge is -2.40. The second-order valence-corrected chi connectivity index (χ2v) is 7.98. The SMILES string of the molecule is CC(C)OC1CN(CC(O)COc2ccc3ccccc3c2-c2cnc(N)nc2)C1. The molecule has 0 radical (unpaired) electrons. The molecule has 7 heteroatoms. The zero-order valence-corrected chi connectivity index (χ0v) is 17.4. The van der Waals surface area contributed by atoms with E-state index in [1.54, 1.807) is 12.4 Å². The van der Waals surface area contributed by atoms with Crippen molar-refractivity contribution in [3.05, 3.63) is 48.8 Å². The van der Waals surface area contributed by atoms with Crippen LogP contribution in [0.15, 0.2) is 48.8 Å². The topological polar surface area (TPSA) is 93.7 Å². The molecule has 0 spiro atoms. The molecular weight excluding hydrogens is 380 g/mol. The Hall–Kier alpha value is -2.74. The highest BCUT2D eigenvalue weighted by molar-refractivity contribution is 5.99. The molecule has 1 atom stereocenters. The van der Waals surface area contributed by atoms with Crippen LogP contribution in [0.3, 0.4) is 0 Å². The Morgan fingerprint density at radius 2 is 1.87 bits per heavy atom. The first kappa shape index (κ1) is 20.5. The zero-order chi connectivity index (χ0) is 21.1. The largest absolute Gasteiger partial charge is 0.490 e. The van der Waals surface area contributed by atoms with E-state index in [0.29, 0.717) is 12.3 Å². The fraction of sp³-hybridized carbons (Fsp3) is 0.391. The maximum Gasteiger partial charge on any atom is 0.219 e.